The second-order valence-corrected chi connectivity index (χ2v) is 19.7. The van der Waals surface area contributed by atoms with E-state index < -0.39 is 31.6 Å². The molecule has 62 heavy (non-hydrogen) atoms. The van der Waals surface area contributed by atoms with Gasteiger partial charge in [0.2, 0.25) is 0 Å². The monoisotopic (exact) mass is 877 g/mol. The first-order valence-electron chi connectivity index (χ1n) is 20.1. The van der Waals surface area contributed by atoms with E-state index in [1.807, 2.05) is 25.1 Å². The Bertz CT molecular complexity index is 3210. The predicted octanol–water partition coefficient (Wildman–Crippen LogP) is 7.45. The molecule has 0 spiro atoms. The van der Waals surface area contributed by atoms with E-state index in [2.05, 4.69) is 6.07 Å². The molecule has 2 aliphatic heterocycles. The maximum absolute atomic E-state index is 15.2. The molecule has 3 aromatic heterocycles. The molecular formula is C45H44FN7O7S2. The van der Waals surface area contributed by atoms with Gasteiger partial charge in [0.05, 0.1) is 43.3 Å². The van der Waals surface area contributed by atoms with Crippen molar-refractivity contribution in [2.24, 2.45) is 0 Å². The van der Waals surface area contributed by atoms with Gasteiger partial charge in [0.15, 0.2) is 0 Å². The zero-order valence-corrected chi connectivity index (χ0v) is 36.0. The van der Waals surface area contributed by atoms with Crippen molar-refractivity contribution >= 4 is 36.7 Å². The second kappa shape index (κ2) is 15.3. The van der Waals surface area contributed by atoms with Crippen LogP contribution < -0.4 is 5.69 Å². The molecule has 9 rings (SSSR count). The van der Waals surface area contributed by atoms with Gasteiger partial charge in [-0.3, -0.25) is 18.5 Å². The van der Waals surface area contributed by atoms with E-state index in [1.165, 1.54) is 33.6 Å². The number of hydrogen-bond acceptors (Lipinski definition) is 8. The first-order chi connectivity index (χ1) is 29.5. The minimum Gasteiger partial charge on any atom is -0.381 e. The summed E-state index contributed by atoms with van der Waals surface area (Å²) in [4.78, 5) is 31.4. The summed E-state index contributed by atoms with van der Waals surface area (Å²) < 4.78 is 81.8. The number of halogens is 1. The lowest BCUT2D eigenvalue weighted by Gasteiger charge is -2.34. The summed E-state index contributed by atoms with van der Waals surface area (Å²) >= 11 is 0. The highest BCUT2D eigenvalue weighted by Crippen LogP contribution is 2.38. The molecule has 0 radical (unpaired) electrons. The second-order valence-electron chi connectivity index (χ2n) is 16.1. The van der Waals surface area contributed by atoms with Gasteiger partial charge in [-0.25, -0.2) is 22.9 Å². The maximum atomic E-state index is 15.2. The predicted molar refractivity (Wildman–Crippen MR) is 232 cm³/mol. The third kappa shape index (κ3) is 7.17. The molecule has 0 aliphatic carbocycles. The summed E-state index contributed by atoms with van der Waals surface area (Å²) in [6.07, 6.45) is 6.56. The lowest BCUT2D eigenvalue weighted by atomic mass is 9.91. The van der Waals surface area contributed by atoms with Crippen molar-refractivity contribution in [3.63, 3.8) is 0 Å². The fourth-order valence-electron chi connectivity index (χ4n) is 8.87. The number of amides is 1. The zero-order chi connectivity index (χ0) is 43.8. The zero-order valence-electron chi connectivity index (χ0n) is 34.4. The van der Waals surface area contributed by atoms with Crippen molar-refractivity contribution in [1.29, 1.82) is 4.78 Å². The van der Waals surface area contributed by atoms with Crippen molar-refractivity contribution in [3.8, 4) is 22.9 Å². The summed E-state index contributed by atoms with van der Waals surface area (Å²) in [5.74, 6) is -0.0762. The van der Waals surface area contributed by atoms with Gasteiger partial charge in [0.1, 0.15) is 17.3 Å². The molecule has 320 valence electrons. The maximum Gasteiger partial charge on any atom is 0.338 e. The highest BCUT2D eigenvalue weighted by atomic mass is 32.2. The summed E-state index contributed by atoms with van der Waals surface area (Å²) in [5, 5.41) is 5.79. The van der Waals surface area contributed by atoms with E-state index >= 15 is 9.18 Å². The molecule has 0 unspecified atom stereocenters. The molecule has 2 N–H and O–H groups in total. The van der Waals surface area contributed by atoms with Gasteiger partial charge < -0.3 is 14.2 Å². The number of benzene rings is 4. The molecule has 17 heteroatoms. The first kappa shape index (κ1) is 41.2. The molecule has 1 amide bonds. The van der Waals surface area contributed by atoms with Gasteiger partial charge in [0.25, 0.3) is 16.0 Å². The van der Waals surface area contributed by atoms with Gasteiger partial charge in [-0.2, -0.15) is 13.5 Å². The van der Waals surface area contributed by atoms with Crippen molar-refractivity contribution in [2.45, 2.75) is 61.8 Å². The normalized spacial score (nSPS) is 17.0. The van der Waals surface area contributed by atoms with Crippen LogP contribution in [0.5, 0.6) is 0 Å². The summed E-state index contributed by atoms with van der Waals surface area (Å²) in [6, 6.07) is 22.7. The molecule has 1 fully saturated rings. The number of fused-ring (bicyclic) bond motifs is 2. The summed E-state index contributed by atoms with van der Waals surface area (Å²) in [6.45, 7) is 6.75. The van der Waals surface area contributed by atoms with Gasteiger partial charge in [-0.1, -0.05) is 12.1 Å². The van der Waals surface area contributed by atoms with Crippen LogP contribution in [-0.4, -0.2) is 77.5 Å². The Morgan fingerprint density at radius 1 is 0.871 bits per heavy atom. The van der Waals surface area contributed by atoms with E-state index in [4.69, 9.17) is 14.6 Å². The van der Waals surface area contributed by atoms with Crippen LogP contribution in [0.2, 0.25) is 0 Å². The lowest BCUT2D eigenvalue weighted by Crippen LogP contribution is -2.40. The SMILES string of the molecule is Cc1cc(-n2nc3c(c2-n2ccn(-c4ccc([S@](C)(=N)=O)cc4)c2=O)[C@H](C)N(C(=O)c2cc4cc(C5CCOCC5)ccc4n2-c2cccc(S(=O)(=O)O)c2)CC3)cc(C)c1F. The van der Waals surface area contributed by atoms with Crippen LogP contribution in [0.4, 0.5) is 4.39 Å². The number of imidazole rings is 1. The number of aromatic nitrogens is 5. The number of carbonyl (C=O) groups is 1. The van der Waals surface area contributed by atoms with Crippen molar-refractivity contribution in [3.05, 3.63) is 147 Å². The molecule has 1 saturated heterocycles. The van der Waals surface area contributed by atoms with Crippen LogP contribution in [0.3, 0.4) is 0 Å². The van der Waals surface area contributed by atoms with Crippen LogP contribution >= 0.6 is 0 Å². The van der Waals surface area contributed by atoms with Crippen LogP contribution in [0.15, 0.2) is 112 Å². The third-order valence-electron chi connectivity index (χ3n) is 12.1. The Morgan fingerprint density at radius 3 is 2.24 bits per heavy atom. The van der Waals surface area contributed by atoms with E-state index in [-0.39, 0.29) is 34.8 Å². The van der Waals surface area contributed by atoms with Crippen molar-refractivity contribution in [2.75, 3.05) is 26.0 Å². The van der Waals surface area contributed by atoms with E-state index in [0.717, 1.165) is 23.8 Å². The number of carbonyl (C=O) groups excluding carboxylic acids is 1. The molecule has 5 heterocycles. The first-order valence-corrected chi connectivity index (χ1v) is 23.6. The molecule has 0 bridgehead atoms. The van der Waals surface area contributed by atoms with Crippen LogP contribution in [0.1, 0.15) is 70.2 Å². The number of hydrogen-bond donors (Lipinski definition) is 2. The van der Waals surface area contributed by atoms with Gasteiger partial charge in [0, 0.05) is 66.4 Å². The average Bonchev–Trinajstić information content (AvgIpc) is 3.95. The number of nitrogens with one attached hydrogen (secondary N) is 1. The Hall–Kier alpha value is -6.14. The number of nitrogens with zero attached hydrogens (tertiary/aromatic N) is 6. The molecule has 4 aromatic carbocycles. The van der Waals surface area contributed by atoms with Crippen molar-refractivity contribution < 1.29 is 31.1 Å². The summed E-state index contributed by atoms with van der Waals surface area (Å²) in [5.41, 5.74) is 4.98. The molecule has 7 aromatic rings. The fourth-order valence-corrected chi connectivity index (χ4v) is 10.0. The lowest BCUT2D eigenvalue weighted by molar-refractivity contribution is 0.0669. The Morgan fingerprint density at radius 2 is 1.56 bits per heavy atom. The minimum atomic E-state index is -4.57. The van der Waals surface area contributed by atoms with E-state index in [0.29, 0.717) is 75.3 Å². The van der Waals surface area contributed by atoms with Gasteiger partial charge >= 0.3 is 5.69 Å². The van der Waals surface area contributed by atoms with Crippen LogP contribution in [0.25, 0.3) is 33.8 Å². The smallest absolute Gasteiger partial charge is 0.338 e. The van der Waals surface area contributed by atoms with Gasteiger partial charge in [-0.05, 0) is 129 Å². The Balaban J connectivity index is 1.19. The highest BCUT2D eigenvalue weighted by Gasteiger charge is 2.37. The Labute approximate surface area is 357 Å². The third-order valence-corrected chi connectivity index (χ3v) is 14.1. The summed E-state index contributed by atoms with van der Waals surface area (Å²) in [7, 11) is -7.55. The molecule has 2 aliphatic rings. The quantitative estimate of drug-likeness (QED) is 0.148. The largest absolute Gasteiger partial charge is 0.381 e. The fraction of sp³-hybridized carbons (Fsp3) is 0.267. The minimum absolute atomic E-state index is 0.254. The van der Waals surface area contributed by atoms with Gasteiger partial charge in [-0.15, -0.1) is 0 Å². The molecule has 2 atom stereocenters. The number of rotatable bonds is 8. The van der Waals surface area contributed by atoms with Crippen LogP contribution in [-0.2, 0) is 31.0 Å². The Kier molecular flexibility index (Phi) is 10.2. The molecule has 0 saturated carbocycles. The van der Waals surface area contributed by atoms with E-state index in [9.17, 15) is 22.0 Å². The average molecular weight is 878 g/mol. The van der Waals surface area contributed by atoms with Crippen LogP contribution in [0, 0.1) is 24.4 Å². The van der Waals surface area contributed by atoms with E-state index in [1.54, 1.807) is 82.9 Å². The number of aryl methyl sites for hydroxylation is 2. The molecular weight excluding hydrogens is 834 g/mol. The standard InChI is InChI=1S/C45H44FN7O7S2/c1-27-22-35(23-28(2)42(27)46)53-43(51-19-18-50(45(51)55)33-9-11-36(12-10-33)61(4,47)56)41-29(3)49(17-14-38(41)48-53)44(54)40-25-32-24-31(30-15-20-60-21-16-30)8-13-39(32)52(40)34-6-5-7-37(26-34)62(57,58)59/h5-13,18-19,22-26,29-30,47H,14-17,20-21H2,1-4H3,(H,57,58,59)/t29-,61+/m0/s1. The number of ether oxygens (including phenoxy) is 1. The molecule has 14 nitrogen and oxygen atoms in total. The van der Waals surface area contributed by atoms with Crippen molar-refractivity contribution in [1.82, 2.24) is 28.4 Å². The topological polar surface area (TPSA) is 175 Å². The highest BCUT2D eigenvalue weighted by molar-refractivity contribution is 7.91.